The molecule has 0 aromatic heterocycles. The third-order valence-electron chi connectivity index (χ3n) is 3.50. The Morgan fingerprint density at radius 2 is 2.28 bits per heavy atom. The number of nitrogens with zero attached hydrogens (tertiary/aromatic N) is 2. The molecule has 1 aliphatic heterocycles. The second-order valence-corrected chi connectivity index (χ2v) is 5.15. The van der Waals surface area contributed by atoms with E-state index in [4.69, 9.17) is 15.2 Å². The fourth-order valence-corrected chi connectivity index (χ4v) is 2.11. The molecule has 1 saturated carbocycles. The molecule has 2 fully saturated rings. The normalized spacial score (nSPS) is 24.5. The standard InChI is InChI=1S/C13H25N3O2/c1-16(11-5-6-11)13(14)15-7-3-8-17-10-12-4-2-9-18-12/h11-12H,2-10H2,1H3,(H2,14,15). The Labute approximate surface area is 109 Å². The van der Waals surface area contributed by atoms with Gasteiger partial charge in [0.15, 0.2) is 5.96 Å². The van der Waals surface area contributed by atoms with E-state index >= 15 is 0 Å². The minimum absolute atomic E-state index is 0.319. The van der Waals surface area contributed by atoms with Gasteiger partial charge in [-0.2, -0.15) is 0 Å². The molecule has 0 amide bonds. The maximum atomic E-state index is 5.89. The molecular formula is C13H25N3O2. The summed E-state index contributed by atoms with van der Waals surface area (Å²) in [5.74, 6) is 0.664. The van der Waals surface area contributed by atoms with Gasteiger partial charge in [0.25, 0.3) is 0 Å². The van der Waals surface area contributed by atoms with Crippen LogP contribution in [0.1, 0.15) is 32.1 Å². The van der Waals surface area contributed by atoms with Gasteiger partial charge in [-0.3, -0.25) is 4.99 Å². The van der Waals surface area contributed by atoms with Crippen molar-refractivity contribution in [1.29, 1.82) is 0 Å². The molecule has 18 heavy (non-hydrogen) atoms. The Kier molecular flexibility index (Phi) is 5.26. The third kappa shape index (κ3) is 4.46. The van der Waals surface area contributed by atoms with Crippen LogP contribution in [-0.4, -0.2) is 56.4 Å². The molecule has 1 unspecified atom stereocenters. The predicted octanol–water partition coefficient (Wildman–Crippen LogP) is 0.981. The van der Waals surface area contributed by atoms with Gasteiger partial charge >= 0.3 is 0 Å². The number of nitrogens with two attached hydrogens (primary N) is 1. The van der Waals surface area contributed by atoms with E-state index in [1.807, 2.05) is 7.05 Å². The third-order valence-corrected chi connectivity index (χ3v) is 3.50. The first-order chi connectivity index (χ1) is 8.77. The molecule has 1 aliphatic carbocycles. The lowest BCUT2D eigenvalue weighted by Crippen LogP contribution is -2.35. The summed E-state index contributed by atoms with van der Waals surface area (Å²) in [6, 6.07) is 0.629. The molecule has 104 valence electrons. The summed E-state index contributed by atoms with van der Waals surface area (Å²) in [7, 11) is 2.02. The zero-order chi connectivity index (χ0) is 12.8. The molecule has 0 radical (unpaired) electrons. The van der Waals surface area contributed by atoms with Gasteiger partial charge < -0.3 is 20.1 Å². The van der Waals surface area contributed by atoms with Crippen LogP contribution in [0, 0.1) is 0 Å². The van der Waals surface area contributed by atoms with Gasteiger partial charge in [-0.1, -0.05) is 0 Å². The highest BCUT2D eigenvalue weighted by Crippen LogP contribution is 2.24. The number of rotatable bonds is 7. The van der Waals surface area contributed by atoms with E-state index in [9.17, 15) is 0 Å². The molecule has 1 heterocycles. The van der Waals surface area contributed by atoms with Crippen LogP contribution in [0.4, 0.5) is 0 Å². The molecule has 1 atom stereocenters. The molecular weight excluding hydrogens is 230 g/mol. The van der Waals surface area contributed by atoms with Gasteiger partial charge in [-0.15, -0.1) is 0 Å². The molecule has 0 aromatic rings. The van der Waals surface area contributed by atoms with Crippen LogP contribution in [0.25, 0.3) is 0 Å². The summed E-state index contributed by atoms with van der Waals surface area (Å²) in [6.07, 6.45) is 6.04. The Morgan fingerprint density at radius 3 is 2.94 bits per heavy atom. The number of hydrogen-bond donors (Lipinski definition) is 1. The minimum Gasteiger partial charge on any atom is -0.379 e. The van der Waals surface area contributed by atoms with Crippen molar-refractivity contribution in [3.63, 3.8) is 0 Å². The highest BCUT2D eigenvalue weighted by Gasteiger charge is 2.27. The van der Waals surface area contributed by atoms with E-state index in [0.29, 0.717) is 18.1 Å². The lowest BCUT2D eigenvalue weighted by molar-refractivity contribution is 0.0170. The SMILES string of the molecule is CN(C(N)=NCCCOCC1CCCO1)C1CC1. The summed E-state index contributed by atoms with van der Waals surface area (Å²) in [4.78, 5) is 6.44. The van der Waals surface area contributed by atoms with Crippen LogP contribution in [0.3, 0.4) is 0 Å². The molecule has 5 nitrogen and oxygen atoms in total. The molecule has 0 bridgehead atoms. The van der Waals surface area contributed by atoms with Crippen molar-refractivity contribution >= 4 is 5.96 Å². The van der Waals surface area contributed by atoms with E-state index in [-0.39, 0.29) is 0 Å². The Hall–Kier alpha value is -0.810. The van der Waals surface area contributed by atoms with Crippen molar-refractivity contribution in [3.05, 3.63) is 0 Å². The van der Waals surface area contributed by atoms with E-state index in [1.54, 1.807) is 0 Å². The van der Waals surface area contributed by atoms with Crippen LogP contribution >= 0.6 is 0 Å². The van der Waals surface area contributed by atoms with Gasteiger partial charge in [-0.05, 0) is 32.1 Å². The topological polar surface area (TPSA) is 60.1 Å². The van der Waals surface area contributed by atoms with Crippen molar-refractivity contribution < 1.29 is 9.47 Å². The Bertz CT molecular complexity index is 273. The number of hydrogen-bond acceptors (Lipinski definition) is 3. The molecule has 0 aromatic carbocycles. The highest BCUT2D eigenvalue weighted by molar-refractivity contribution is 5.78. The van der Waals surface area contributed by atoms with Crippen molar-refractivity contribution in [3.8, 4) is 0 Å². The number of aliphatic imine (C=N–C) groups is 1. The van der Waals surface area contributed by atoms with Crippen molar-refractivity contribution in [2.75, 3.05) is 33.4 Å². The maximum absolute atomic E-state index is 5.89. The lowest BCUT2D eigenvalue weighted by Gasteiger charge is -2.16. The van der Waals surface area contributed by atoms with Crippen LogP contribution in [0.5, 0.6) is 0 Å². The van der Waals surface area contributed by atoms with E-state index in [2.05, 4.69) is 9.89 Å². The molecule has 5 heteroatoms. The Balaban J connectivity index is 1.48. The van der Waals surface area contributed by atoms with E-state index in [1.165, 1.54) is 19.3 Å². The highest BCUT2D eigenvalue weighted by atomic mass is 16.5. The Morgan fingerprint density at radius 1 is 1.44 bits per heavy atom. The largest absolute Gasteiger partial charge is 0.379 e. The lowest BCUT2D eigenvalue weighted by atomic mass is 10.2. The first-order valence-corrected chi connectivity index (χ1v) is 6.99. The van der Waals surface area contributed by atoms with Gasteiger partial charge in [0, 0.05) is 32.8 Å². The second-order valence-electron chi connectivity index (χ2n) is 5.15. The summed E-state index contributed by atoms with van der Waals surface area (Å²) in [6.45, 7) is 3.10. The van der Waals surface area contributed by atoms with Gasteiger partial charge in [0.1, 0.15) is 0 Å². The molecule has 1 saturated heterocycles. The monoisotopic (exact) mass is 255 g/mol. The maximum Gasteiger partial charge on any atom is 0.191 e. The summed E-state index contributed by atoms with van der Waals surface area (Å²) in [5.41, 5.74) is 5.89. The molecule has 0 spiro atoms. The van der Waals surface area contributed by atoms with Gasteiger partial charge in [0.2, 0.25) is 0 Å². The average molecular weight is 255 g/mol. The fourth-order valence-electron chi connectivity index (χ4n) is 2.11. The summed E-state index contributed by atoms with van der Waals surface area (Å²) in [5, 5.41) is 0. The quantitative estimate of drug-likeness (QED) is 0.418. The van der Waals surface area contributed by atoms with Gasteiger partial charge in [0.05, 0.1) is 12.7 Å². The van der Waals surface area contributed by atoms with Crippen molar-refractivity contribution in [2.24, 2.45) is 10.7 Å². The van der Waals surface area contributed by atoms with Crippen LogP contribution < -0.4 is 5.73 Å². The summed E-state index contributed by atoms with van der Waals surface area (Å²) < 4.78 is 11.1. The first-order valence-electron chi connectivity index (χ1n) is 6.99. The minimum atomic E-state index is 0.319. The summed E-state index contributed by atoms with van der Waals surface area (Å²) >= 11 is 0. The molecule has 2 N–H and O–H groups in total. The van der Waals surface area contributed by atoms with Crippen LogP contribution in [0.15, 0.2) is 4.99 Å². The van der Waals surface area contributed by atoms with E-state index < -0.39 is 0 Å². The number of guanidine groups is 1. The fraction of sp³-hybridized carbons (Fsp3) is 0.923. The molecule has 2 aliphatic rings. The smallest absolute Gasteiger partial charge is 0.191 e. The predicted molar refractivity (Wildman–Crippen MR) is 71.7 cm³/mol. The van der Waals surface area contributed by atoms with Crippen LogP contribution in [0.2, 0.25) is 0 Å². The zero-order valence-corrected chi connectivity index (χ0v) is 11.3. The second kappa shape index (κ2) is 6.95. The zero-order valence-electron chi connectivity index (χ0n) is 11.3. The first kappa shape index (κ1) is 13.6. The average Bonchev–Trinajstić information content (AvgIpc) is 3.10. The van der Waals surface area contributed by atoms with Crippen molar-refractivity contribution in [1.82, 2.24) is 4.90 Å². The number of ether oxygens (including phenoxy) is 2. The van der Waals surface area contributed by atoms with Crippen molar-refractivity contribution in [2.45, 2.75) is 44.2 Å². The van der Waals surface area contributed by atoms with Crippen LogP contribution in [-0.2, 0) is 9.47 Å². The molecule has 2 rings (SSSR count). The van der Waals surface area contributed by atoms with E-state index in [0.717, 1.165) is 39.2 Å². The van der Waals surface area contributed by atoms with Gasteiger partial charge in [-0.25, -0.2) is 0 Å².